The van der Waals surface area contributed by atoms with Gasteiger partial charge in [-0.25, -0.2) is 4.98 Å². The molecule has 0 amide bonds. The van der Waals surface area contributed by atoms with E-state index in [0.29, 0.717) is 31.0 Å². The molecule has 0 spiro atoms. The number of hydrogen-bond acceptors (Lipinski definition) is 3. The second-order valence-corrected chi connectivity index (χ2v) is 3.94. The Balaban J connectivity index is 2.18. The second kappa shape index (κ2) is 5.80. The zero-order valence-electron chi connectivity index (χ0n) is 9.30. The molecular formula is C12H13ClN2O2. The maximum atomic E-state index is 12.0. The van der Waals surface area contributed by atoms with Crippen LogP contribution in [0.2, 0.25) is 0 Å². The maximum Gasteiger partial charge on any atom is 0.261 e. The van der Waals surface area contributed by atoms with E-state index >= 15 is 0 Å². The molecule has 0 atom stereocenters. The Morgan fingerprint density at radius 3 is 2.94 bits per heavy atom. The van der Waals surface area contributed by atoms with Crippen molar-refractivity contribution in [1.29, 1.82) is 0 Å². The lowest BCUT2D eigenvalue weighted by Crippen LogP contribution is -2.23. The Labute approximate surface area is 104 Å². The quantitative estimate of drug-likeness (QED) is 0.600. The third-order valence-electron chi connectivity index (χ3n) is 2.43. The Hall–Kier alpha value is -1.39. The van der Waals surface area contributed by atoms with Crippen LogP contribution in [0.3, 0.4) is 0 Å². The molecule has 0 aliphatic carbocycles. The normalized spacial score (nSPS) is 10.9. The van der Waals surface area contributed by atoms with Crippen molar-refractivity contribution in [2.45, 2.75) is 6.54 Å². The number of rotatable bonds is 5. The summed E-state index contributed by atoms with van der Waals surface area (Å²) in [5, 5.41) is 0.632. The highest BCUT2D eigenvalue weighted by molar-refractivity contribution is 6.17. The SMILES string of the molecule is O=c1c2ccccc2ncn1CCOCCCl. The van der Waals surface area contributed by atoms with Crippen LogP contribution in [0.25, 0.3) is 10.9 Å². The van der Waals surface area contributed by atoms with Crippen LogP contribution in [0, 0.1) is 0 Å². The number of benzene rings is 1. The lowest BCUT2D eigenvalue weighted by atomic mass is 10.2. The van der Waals surface area contributed by atoms with Gasteiger partial charge in [0.15, 0.2) is 0 Å². The van der Waals surface area contributed by atoms with E-state index in [0.717, 1.165) is 5.52 Å². The number of hydrogen-bond donors (Lipinski definition) is 0. The number of alkyl halides is 1. The van der Waals surface area contributed by atoms with Gasteiger partial charge in [-0.3, -0.25) is 9.36 Å². The summed E-state index contributed by atoms with van der Waals surface area (Å²) < 4.78 is 6.79. The molecule has 17 heavy (non-hydrogen) atoms. The molecule has 0 saturated carbocycles. The van der Waals surface area contributed by atoms with Gasteiger partial charge in [0.2, 0.25) is 0 Å². The van der Waals surface area contributed by atoms with Gasteiger partial charge in [0.05, 0.1) is 37.0 Å². The first kappa shape index (κ1) is 12.1. The minimum absolute atomic E-state index is 0.0370. The monoisotopic (exact) mass is 252 g/mol. The Morgan fingerprint density at radius 1 is 1.29 bits per heavy atom. The van der Waals surface area contributed by atoms with Crippen LogP contribution >= 0.6 is 11.6 Å². The molecule has 0 unspecified atom stereocenters. The largest absolute Gasteiger partial charge is 0.378 e. The molecule has 0 bridgehead atoms. The van der Waals surface area contributed by atoms with E-state index in [-0.39, 0.29) is 5.56 Å². The average molecular weight is 253 g/mol. The van der Waals surface area contributed by atoms with E-state index in [1.807, 2.05) is 18.2 Å². The highest BCUT2D eigenvalue weighted by Crippen LogP contribution is 2.04. The second-order valence-electron chi connectivity index (χ2n) is 3.56. The van der Waals surface area contributed by atoms with Crippen LogP contribution in [-0.2, 0) is 11.3 Å². The van der Waals surface area contributed by atoms with Gasteiger partial charge in [-0.15, -0.1) is 11.6 Å². The van der Waals surface area contributed by atoms with Crippen molar-refractivity contribution >= 4 is 22.5 Å². The highest BCUT2D eigenvalue weighted by Gasteiger charge is 2.02. The first-order valence-electron chi connectivity index (χ1n) is 5.41. The fourth-order valence-electron chi connectivity index (χ4n) is 1.58. The standard InChI is InChI=1S/C12H13ClN2O2/c13-5-7-17-8-6-15-9-14-11-4-2-1-3-10(11)12(15)16/h1-4,9H,5-8H2. The van der Waals surface area contributed by atoms with E-state index in [2.05, 4.69) is 4.98 Å². The van der Waals surface area contributed by atoms with Crippen LogP contribution in [0.1, 0.15) is 0 Å². The molecule has 2 rings (SSSR count). The number of halogens is 1. The molecule has 2 aromatic rings. The van der Waals surface area contributed by atoms with Crippen molar-refractivity contribution < 1.29 is 4.74 Å². The summed E-state index contributed by atoms with van der Waals surface area (Å²) in [6.07, 6.45) is 1.55. The van der Waals surface area contributed by atoms with Crippen molar-refractivity contribution in [2.24, 2.45) is 0 Å². The zero-order chi connectivity index (χ0) is 12.1. The Bertz CT molecular complexity index is 553. The van der Waals surface area contributed by atoms with Gasteiger partial charge < -0.3 is 4.74 Å². The van der Waals surface area contributed by atoms with Gasteiger partial charge in [0, 0.05) is 5.88 Å². The smallest absolute Gasteiger partial charge is 0.261 e. The molecule has 90 valence electrons. The molecule has 0 aliphatic rings. The molecule has 1 heterocycles. The van der Waals surface area contributed by atoms with Crippen LogP contribution in [0.4, 0.5) is 0 Å². The van der Waals surface area contributed by atoms with Gasteiger partial charge >= 0.3 is 0 Å². The predicted molar refractivity (Wildman–Crippen MR) is 67.5 cm³/mol. The summed E-state index contributed by atoms with van der Waals surface area (Å²) in [6, 6.07) is 7.30. The third kappa shape index (κ3) is 2.84. The Kier molecular flexibility index (Phi) is 4.12. The maximum absolute atomic E-state index is 12.0. The average Bonchev–Trinajstić information content (AvgIpc) is 2.37. The topological polar surface area (TPSA) is 44.1 Å². The summed E-state index contributed by atoms with van der Waals surface area (Å²) >= 11 is 5.49. The van der Waals surface area contributed by atoms with Gasteiger partial charge in [-0.1, -0.05) is 12.1 Å². The fraction of sp³-hybridized carbons (Fsp3) is 0.333. The lowest BCUT2D eigenvalue weighted by molar-refractivity contribution is 0.140. The zero-order valence-corrected chi connectivity index (χ0v) is 10.1. The van der Waals surface area contributed by atoms with Crippen molar-refractivity contribution in [1.82, 2.24) is 9.55 Å². The number of para-hydroxylation sites is 1. The van der Waals surface area contributed by atoms with Crippen molar-refractivity contribution in [3.8, 4) is 0 Å². The van der Waals surface area contributed by atoms with Crippen molar-refractivity contribution in [3.05, 3.63) is 40.9 Å². The molecular weight excluding hydrogens is 240 g/mol. The minimum Gasteiger partial charge on any atom is -0.378 e. The Morgan fingerprint density at radius 2 is 2.12 bits per heavy atom. The molecule has 4 nitrogen and oxygen atoms in total. The molecule has 0 radical (unpaired) electrons. The lowest BCUT2D eigenvalue weighted by Gasteiger charge is -2.06. The van der Waals surface area contributed by atoms with Crippen molar-refractivity contribution in [2.75, 3.05) is 19.1 Å². The van der Waals surface area contributed by atoms with Gasteiger partial charge in [-0.05, 0) is 12.1 Å². The third-order valence-corrected chi connectivity index (χ3v) is 2.58. The molecule has 1 aromatic heterocycles. The van der Waals surface area contributed by atoms with Gasteiger partial charge in [-0.2, -0.15) is 0 Å². The minimum atomic E-state index is -0.0370. The number of ether oxygens (including phenoxy) is 1. The first-order chi connectivity index (χ1) is 8.33. The number of nitrogens with zero attached hydrogens (tertiary/aromatic N) is 2. The van der Waals surface area contributed by atoms with E-state index in [1.54, 1.807) is 17.0 Å². The number of aromatic nitrogens is 2. The summed E-state index contributed by atoms with van der Waals surface area (Å²) in [7, 11) is 0. The van der Waals surface area contributed by atoms with E-state index in [9.17, 15) is 4.79 Å². The molecule has 0 aliphatic heterocycles. The predicted octanol–water partition coefficient (Wildman–Crippen LogP) is 1.65. The molecule has 0 N–H and O–H groups in total. The number of fused-ring (bicyclic) bond motifs is 1. The van der Waals surface area contributed by atoms with E-state index < -0.39 is 0 Å². The molecule has 1 aromatic carbocycles. The summed E-state index contributed by atoms with van der Waals surface area (Å²) in [4.78, 5) is 16.3. The summed E-state index contributed by atoms with van der Waals surface area (Å²) in [6.45, 7) is 1.46. The molecule has 0 saturated heterocycles. The summed E-state index contributed by atoms with van der Waals surface area (Å²) in [5.41, 5.74) is 0.681. The van der Waals surface area contributed by atoms with Crippen LogP contribution in [-0.4, -0.2) is 28.6 Å². The van der Waals surface area contributed by atoms with Crippen LogP contribution in [0.15, 0.2) is 35.4 Å². The van der Waals surface area contributed by atoms with E-state index in [1.165, 1.54) is 0 Å². The summed E-state index contributed by atoms with van der Waals surface area (Å²) in [5.74, 6) is 0.463. The highest BCUT2D eigenvalue weighted by atomic mass is 35.5. The van der Waals surface area contributed by atoms with Crippen molar-refractivity contribution in [3.63, 3.8) is 0 Å². The van der Waals surface area contributed by atoms with Crippen LogP contribution in [0.5, 0.6) is 0 Å². The van der Waals surface area contributed by atoms with Gasteiger partial charge in [0.1, 0.15) is 0 Å². The molecule has 5 heteroatoms. The first-order valence-corrected chi connectivity index (χ1v) is 5.94. The van der Waals surface area contributed by atoms with Crippen LogP contribution < -0.4 is 5.56 Å². The van der Waals surface area contributed by atoms with Gasteiger partial charge in [0.25, 0.3) is 5.56 Å². The molecule has 0 fully saturated rings. The fourth-order valence-corrected chi connectivity index (χ4v) is 1.69. The van der Waals surface area contributed by atoms with E-state index in [4.69, 9.17) is 16.3 Å².